The van der Waals surface area contributed by atoms with Crippen LogP contribution in [0, 0.1) is 0 Å². The fourth-order valence-corrected chi connectivity index (χ4v) is 7.46. The zero-order chi connectivity index (χ0) is 32.8. The van der Waals surface area contributed by atoms with E-state index in [4.69, 9.17) is 15.0 Å². The Morgan fingerprint density at radius 3 is 2.39 bits per heavy atom. The number of benzene rings is 1. The van der Waals surface area contributed by atoms with E-state index >= 15 is 0 Å². The van der Waals surface area contributed by atoms with Gasteiger partial charge < -0.3 is 35.5 Å². The SMILES string of the molecule is Nc1nc2c(c(=O)[nH]1)[n+](Cc1ccc(-c3ccccc3)[nH]c1=O)cn2C1OC(COP(=O)(O)OP(=O)(O)n2cccc2)[C@H](O)[C@@H]1O. The molecule has 6 rings (SSSR count). The molecule has 0 amide bonds. The molecule has 1 aliphatic rings. The molecule has 0 spiro atoms. The van der Waals surface area contributed by atoms with Gasteiger partial charge in [-0.1, -0.05) is 30.3 Å². The van der Waals surface area contributed by atoms with E-state index in [-0.39, 0.29) is 29.2 Å². The van der Waals surface area contributed by atoms with Gasteiger partial charge in [-0.05, 0) is 29.8 Å². The van der Waals surface area contributed by atoms with Gasteiger partial charge in [-0.3, -0.25) is 23.4 Å². The van der Waals surface area contributed by atoms with E-state index in [0.29, 0.717) is 10.0 Å². The molecule has 46 heavy (non-hydrogen) atoms. The van der Waals surface area contributed by atoms with Gasteiger partial charge in [0.1, 0.15) is 24.9 Å². The second kappa shape index (κ2) is 12.2. The van der Waals surface area contributed by atoms with Gasteiger partial charge in [0.25, 0.3) is 16.7 Å². The number of anilines is 1. The number of nitrogens with one attached hydrogen (secondary N) is 2. The van der Waals surface area contributed by atoms with Crippen molar-refractivity contribution in [2.75, 3.05) is 12.3 Å². The molecule has 8 N–H and O–H groups in total. The smallest absolute Gasteiger partial charge is 0.387 e. The zero-order valence-electron chi connectivity index (χ0n) is 23.6. The number of aliphatic hydroxyl groups is 2. The maximum absolute atomic E-state index is 13.0. The first-order valence-electron chi connectivity index (χ1n) is 13.6. The van der Waals surface area contributed by atoms with Crippen molar-refractivity contribution in [3.8, 4) is 11.3 Å². The molecule has 0 saturated carbocycles. The number of aromatic amines is 2. The number of nitrogens with two attached hydrogens (primary N) is 1. The standard InChI is InChI=1S/C26H27N7O11P2/c27-26-29-22-19(24(37)30-26)31(12-16-8-9-17(28-23(16)36)15-6-2-1-3-7-15)14-33(22)25-21(35)20(34)18(43-25)13-42-46(40,41)44-45(38,39)32-10-4-5-11-32/h1-11,14,18,20-21,25,34-35H,12-13H2,(H5-,27,28,29,30,36,37,38,39,40,41)/p+1/t18?,20-,21-,25?/m0/s1. The number of imidazole rings is 1. The molecule has 18 nitrogen and oxygen atoms in total. The topological polar surface area (TPSA) is 261 Å². The Kier molecular flexibility index (Phi) is 8.41. The molecular formula is C26H28N7O11P2+. The quantitative estimate of drug-likeness (QED) is 0.0771. The fourth-order valence-electron chi connectivity index (χ4n) is 5.04. The van der Waals surface area contributed by atoms with Gasteiger partial charge in [0.15, 0.2) is 0 Å². The van der Waals surface area contributed by atoms with Gasteiger partial charge >= 0.3 is 21.1 Å². The largest absolute Gasteiger partial charge is 0.480 e. The number of aliphatic hydroxyl groups excluding tert-OH is 2. The van der Waals surface area contributed by atoms with Crippen LogP contribution in [0.1, 0.15) is 11.8 Å². The summed E-state index contributed by atoms with van der Waals surface area (Å²) in [6, 6.07) is 15.3. The lowest BCUT2D eigenvalue weighted by atomic mass is 10.1. The molecule has 242 valence electrons. The van der Waals surface area contributed by atoms with Crippen LogP contribution in [-0.2, 0) is 29.2 Å². The number of rotatable bonds is 10. The van der Waals surface area contributed by atoms with E-state index < -0.39 is 57.8 Å². The fraction of sp³-hybridized carbons (Fsp3) is 0.231. The Balaban J connectivity index is 1.25. The number of hydrogen-bond donors (Lipinski definition) is 7. The number of phosphoric acid groups is 1. The summed E-state index contributed by atoms with van der Waals surface area (Å²) in [5.41, 5.74) is 6.26. The predicted octanol–water partition coefficient (Wildman–Crippen LogP) is 0.201. The molecule has 5 heterocycles. The highest BCUT2D eigenvalue weighted by Gasteiger charge is 2.49. The minimum Gasteiger partial charge on any atom is -0.387 e. The van der Waals surface area contributed by atoms with Gasteiger partial charge in [0, 0.05) is 18.1 Å². The summed E-state index contributed by atoms with van der Waals surface area (Å²) < 4.78 is 43.1. The first-order valence-corrected chi connectivity index (χ1v) is 16.6. The summed E-state index contributed by atoms with van der Waals surface area (Å²) in [6.07, 6.45) is -2.65. The predicted molar refractivity (Wildman–Crippen MR) is 159 cm³/mol. The maximum Gasteiger partial charge on any atom is 0.480 e. The molecule has 1 aliphatic heterocycles. The summed E-state index contributed by atoms with van der Waals surface area (Å²) in [6.45, 7) is -0.971. The maximum atomic E-state index is 13.0. The Morgan fingerprint density at radius 2 is 1.70 bits per heavy atom. The number of hydrogen-bond acceptors (Lipinski definition) is 11. The Labute approximate surface area is 258 Å². The third-order valence-corrected chi connectivity index (χ3v) is 10.2. The minimum absolute atomic E-state index is 0.0392. The molecule has 6 atom stereocenters. The van der Waals surface area contributed by atoms with Crippen LogP contribution in [0.25, 0.3) is 22.4 Å². The molecule has 20 heteroatoms. The van der Waals surface area contributed by atoms with Gasteiger partial charge in [-0.2, -0.15) is 13.9 Å². The third-order valence-electron chi connectivity index (χ3n) is 7.21. The van der Waals surface area contributed by atoms with Crippen molar-refractivity contribution in [1.82, 2.24) is 23.9 Å². The van der Waals surface area contributed by atoms with Crippen LogP contribution < -0.4 is 21.4 Å². The lowest BCUT2D eigenvalue weighted by Crippen LogP contribution is -2.39. The molecule has 0 bridgehead atoms. The molecule has 0 aliphatic carbocycles. The number of fused-ring (bicyclic) bond motifs is 1. The number of nitrogen functional groups attached to an aromatic ring is 1. The van der Waals surface area contributed by atoms with Gasteiger partial charge in [-0.15, -0.1) is 0 Å². The van der Waals surface area contributed by atoms with Gasteiger partial charge in [0.05, 0.1) is 12.2 Å². The van der Waals surface area contributed by atoms with Crippen molar-refractivity contribution in [1.29, 1.82) is 0 Å². The first-order chi connectivity index (χ1) is 21.8. The molecule has 5 aromatic rings. The number of phosphoric ester groups is 1. The monoisotopic (exact) mass is 676 g/mol. The number of pyridine rings is 1. The molecule has 0 radical (unpaired) electrons. The zero-order valence-corrected chi connectivity index (χ0v) is 25.3. The molecule has 4 aromatic heterocycles. The van der Waals surface area contributed by atoms with E-state index in [0.717, 1.165) is 18.0 Å². The van der Waals surface area contributed by atoms with E-state index in [2.05, 4.69) is 19.3 Å². The van der Waals surface area contributed by atoms with E-state index in [1.807, 2.05) is 30.3 Å². The third kappa shape index (κ3) is 6.26. The van der Waals surface area contributed by atoms with Gasteiger partial charge in [-0.25, -0.2) is 13.7 Å². The van der Waals surface area contributed by atoms with E-state index in [1.165, 1.54) is 27.6 Å². The first kappa shape index (κ1) is 31.7. The Hall–Kier alpha value is -4.22. The second-order valence-electron chi connectivity index (χ2n) is 10.3. The lowest BCUT2D eigenvalue weighted by Gasteiger charge is -2.19. The van der Waals surface area contributed by atoms with Crippen LogP contribution in [0.15, 0.2) is 82.9 Å². The normalized spacial score (nSPS) is 22.5. The van der Waals surface area contributed by atoms with Crippen molar-refractivity contribution >= 4 is 32.7 Å². The average Bonchev–Trinajstić information content (AvgIpc) is 3.73. The van der Waals surface area contributed by atoms with Crippen LogP contribution in [0.2, 0.25) is 0 Å². The highest BCUT2D eigenvalue weighted by atomic mass is 31.3. The van der Waals surface area contributed by atoms with Gasteiger partial charge in [0.2, 0.25) is 18.5 Å². The van der Waals surface area contributed by atoms with E-state index in [9.17, 15) is 38.7 Å². The lowest BCUT2D eigenvalue weighted by molar-refractivity contribution is -0.664. The number of H-pyrrole nitrogens is 2. The summed E-state index contributed by atoms with van der Waals surface area (Å²) in [4.78, 5) is 55.4. The number of aromatic nitrogens is 6. The summed E-state index contributed by atoms with van der Waals surface area (Å²) in [5, 5.41) is 21.6. The van der Waals surface area contributed by atoms with Crippen molar-refractivity contribution in [3.05, 3.63) is 99.6 Å². The van der Waals surface area contributed by atoms with Crippen LogP contribution in [-0.4, -0.2) is 68.8 Å². The van der Waals surface area contributed by atoms with Crippen LogP contribution in [0.3, 0.4) is 0 Å². The Morgan fingerprint density at radius 1 is 0.978 bits per heavy atom. The molecular weight excluding hydrogens is 648 g/mol. The molecule has 1 saturated heterocycles. The average molecular weight is 676 g/mol. The number of ether oxygens (including phenoxy) is 1. The minimum atomic E-state index is -5.19. The molecule has 1 aromatic carbocycles. The molecule has 4 unspecified atom stereocenters. The van der Waals surface area contributed by atoms with Crippen LogP contribution >= 0.6 is 15.6 Å². The van der Waals surface area contributed by atoms with E-state index in [1.54, 1.807) is 12.1 Å². The van der Waals surface area contributed by atoms with Crippen molar-refractivity contribution < 1.29 is 47.3 Å². The summed E-state index contributed by atoms with van der Waals surface area (Å²) in [7, 11) is -10.00. The summed E-state index contributed by atoms with van der Waals surface area (Å²) >= 11 is 0. The van der Waals surface area contributed by atoms with Crippen LogP contribution in [0.5, 0.6) is 0 Å². The van der Waals surface area contributed by atoms with Crippen molar-refractivity contribution in [2.45, 2.75) is 31.1 Å². The number of nitrogens with zero attached hydrogens (tertiary/aromatic N) is 4. The van der Waals surface area contributed by atoms with Crippen LogP contribution in [0.4, 0.5) is 5.95 Å². The Bertz CT molecular complexity index is 2100. The molecule has 1 fully saturated rings. The van der Waals surface area contributed by atoms with Crippen molar-refractivity contribution in [2.24, 2.45) is 0 Å². The summed E-state index contributed by atoms with van der Waals surface area (Å²) in [5.74, 6) is -0.267. The second-order valence-corrected chi connectivity index (χ2v) is 13.6. The van der Waals surface area contributed by atoms with Crippen molar-refractivity contribution in [3.63, 3.8) is 0 Å². The highest BCUT2D eigenvalue weighted by Crippen LogP contribution is 2.60. The highest BCUT2D eigenvalue weighted by molar-refractivity contribution is 7.63.